The van der Waals surface area contributed by atoms with Crippen molar-refractivity contribution in [3.63, 3.8) is 0 Å². The molecule has 5 rings (SSSR count). The van der Waals surface area contributed by atoms with Crippen molar-refractivity contribution in [3.05, 3.63) is 68.3 Å². The standard InChI is InChI=1S/C32H36INO6/c1-4-12-34-31(36)23-16-22(17-38-2)28-24(29(23)32(34)37)18-40-26(28)11-10-21(20-8-6-5-7-9-20)13-19-14-25(33)30(35)27(15-19)39-3/h5-9,13-15,23-24,26,29,35H,4,10-12,16-18H2,1-3H3/b21-13-/t23-,24+,26-,29-/m1/s1. The third-order valence-electron chi connectivity index (χ3n) is 8.30. The van der Waals surface area contributed by atoms with Gasteiger partial charge in [0.05, 0.1) is 41.8 Å². The zero-order chi connectivity index (χ0) is 28.4. The lowest BCUT2D eigenvalue weighted by Crippen LogP contribution is -2.35. The lowest BCUT2D eigenvalue weighted by molar-refractivity contribution is -0.140. The molecule has 0 saturated carbocycles. The molecule has 0 aromatic heterocycles. The quantitative estimate of drug-likeness (QED) is 0.153. The minimum atomic E-state index is -0.338. The Hall–Kier alpha value is -2.69. The second kappa shape index (κ2) is 12.4. The summed E-state index contributed by atoms with van der Waals surface area (Å²) >= 11 is 2.11. The predicted octanol–water partition coefficient (Wildman–Crippen LogP) is 5.70. The van der Waals surface area contributed by atoms with Crippen LogP contribution in [-0.2, 0) is 19.1 Å². The van der Waals surface area contributed by atoms with Gasteiger partial charge < -0.3 is 19.3 Å². The molecule has 0 spiro atoms. The monoisotopic (exact) mass is 657 g/mol. The van der Waals surface area contributed by atoms with Gasteiger partial charge in [-0.3, -0.25) is 14.5 Å². The molecule has 3 aliphatic rings. The number of aromatic hydroxyl groups is 1. The number of benzene rings is 2. The average molecular weight is 658 g/mol. The highest BCUT2D eigenvalue weighted by Gasteiger charge is 2.56. The molecule has 2 heterocycles. The van der Waals surface area contributed by atoms with E-state index in [1.165, 1.54) is 4.90 Å². The third kappa shape index (κ3) is 5.45. The number of phenolic OH excluding ortho intramolecular Hbond substituents is 1. The molecule has 212 valence electrons. The number of rotatable bonds is 10. The fraction of sp³-hybridized carbons (Fsp3) is 0.438. The molecule has 2 fully saturated rings. The smallest absolute Gasteiger partial charge is 0.233 e. The maximum absolute atomic E-state index is 13.4. The van der Waals surface area contributed by atoms with Crippen molar-refractivity contribution in [2.24, 2.45) is 17.8 Å². The van der Waals surface area contributed by atoms with Crippen LogP contribution in [0.25, 0.3) is 11.6 Å². The maximum Gasteiger partial charge on any atom is 0.233 e. The van der Waals surface area contributed by atoms with E-state index in [0.29, 0.717) is 31.9 Å². The van der Waals surface area contributed by atoms with Crippen LogP contribution in [0.2, 0.25) is 0 Å². The fourth-order valence-electron chi connectivity index (χ4n) is 6.56. The number of carbonyl (C=O) groups excluding carboxylic acids is 2. The van der Waals surface area contributed by atoms with Gasteiger partial charge in [0.1, 0.15) is 0 Å². The van der Waals surface area contributed by atoms with E-state index in [1.807, 2.05) is 37.3 Å². The van der Waals surface area contributed by atoms with Crippen molar-refractivity contribution in [2.45, 2.75) is 38.7 Å². The Morgan fingerprint density at radius 2 is 1.93 bits per heavy atom. The van der Waals surface area contributed by atoms with E-state index in [1.54, 1.807) is 14.2 Å². The van der Waals surface area contributed by atoms with Gasteiger partial charge in [-0.2, -0.15) is 0 Å². The first kappa shape index (κ1) is 28.8. The highest BCUT2D eigenvalue weighted by atomic mass is 127. The Bertz CT molecular complexity index is 1340. The topological polar surface area (TPSA) is 85.3 Å². The van der Waals surface area contributed by atoms with Gasteiger partial charge >= 0.3 is 0 Å². The van der Waals surface area contributed by atoms with Crippen molar-refractivity contribution in [3.8, 4) is 11.5 Å². The first-order chi connectivity index (χ1) is 19.4. The molecule has 8 heteroatoms. The summed E-state index contributed by atoms with van der Waals surface area (Å²) in [7, 11) is 3.22. The molecule has 0 radical (unpaired) electrons. The normalized spacial score (nSPS) is 24.5. The first-order valence-corrected chi connectivity index (χ1v) is 15.0. The second-order valence-electron chi connectivity index (χ2n) is 10.7. The lowest BCUT2D eigenvalue weighted by Gasteiger charge is -2.31. The van der Waals surface area contributed by atoms with Crippen LogP contribution < -0.4 is 4.74 Å². The summed E-state index contributed by atoms with van der Waals surface area (Å²) in [5, 5.41) is 10.3. The van der Waals surface area contributed by atoms with Gasteiger partial charge in [-0.25, -0.2) is 0 Å². The number of imide groups is 1. The van der Waals surface area contributed by atoms with E-state index in [0.717, 1.165) is 50.7 Å². The van der Waals surface area contributed by atoms with E-state index in [2.05, 4.69) is 40.8 Å². The molecular weight excluding hydrogens is 621 g/mol. The number of amides is 2. The predicted molar refractivity (Wildman–Crippen MR) is 162 cm³/mol. The number of fused-ring (bicyclic) bond motifs is 3. The Kier molecular flexibility index (Phi) is 8.97. The van der Waals surface area contributed by atoms with E-state index in [9.17, 15) is 14.7 Å². The zero-order valence-corrected chi connectivity index (χ0v) is 25.3. The summed E-state index contributed by atoms with van der Waals surface area (Å²) in [6.45, 7) is 3.36. The minimum absolute atomic E-state index is 0.0405. The number of methoxy groups -OCH3 is 2. The van der Waals surface area contributed by atoms with Crippen LogP contribution in [0.15, 0.2) is 53.6 Å². The summed E-state index contributed by atoms with van der Waals surface area (Å²) in [6.07, 6.45) is 4.79. The van der Waals surface area contributed by atoms with Crippen molar-refractivity contribution in [1.82, 2.24) is 4.90 Å². The Morgan fingerprint density at radius 3 is 2.62 bits per heavy atom. The van der Waals surface area contributed by atoms with Crippen LogP contribution in [0.3, 0.4) is 0 Å². The lowest BCUT2D eigenvalue weighted by atomic mass is 9.69. The second-order valence-corrected chi connectivity index (χ2v) is 11.9. The fourth-order valence-corrected chi connectivity index (χ4v) is 7.19. The Morgan fingerprint density at radius 1 is 1.15 bits per heavy atom. The van der Waals surface area contributed by atoms with E-state index < -0.39 is 0 Å². The van der Waals surface area contributed by atoms with Gasteiger partial charge in [0.25, 0.3) is 0 Å². The molecule has 0 bridgehead atoms. The third-order valence-corrected chi connectivity index (χ3v) is 9.12. The molecule has 1 N–H and O–H groups in total. The summed E-state index contributed by atoms with van der Waals surface area (Å²) in [5.41, 5.74) is 5.46. The van der Waals surface area contributed by atoms with Gasteiger partial charge in [-0.1, -0.05) is 43.3 Å². The molecular formula is C32H36INO6. The number of allylic oxidation sites excluding steroid dienone is 1. The van der Waals surface area contributed by atoms with Crippen LogP contribution in [0.4, 0.5) is 0 Å². The molecule has 40 heavy (non-hydrogen) atoms. The number of ether oxygens (including phenoxy) is 3. The van der Waals surface area contributed by atoms with Crippen LogP contribution in [0.1, 0.15) is 43.7 Å². The SMILES string of the molecule is CCCN1C(=O)[C@@H]2[C@@H](CC(COC)=C3[C@@H](CC/C(=C/c4cc(I)c(O)c(OC)c4)c4ccccc4)OC[C@@H]32)C1=O. The van der Waals surface area contributed by atoms with Gasteiger partial charge in [0.2, 0.25) is 11.8 Å². The number of phenols is 1. The van der Waals surface area contributed by atoms with Crippen LogP contribution in [0, 0.1) is 21.3 Å². The van der Waals surface area contributed by atoms with Gasteiger partial charge in [-0.15, -0.1) is 0 Å². The number of nitrogens with zero attached hydrogens (tertiary/aromatic N) is 1. The van der Waals surface area contributed by atoms with E-state index in [4.69, 9.17) is 14.2 Å². The summed E-state index contributed by atoms with van der Waals surface area (Å²) in [5.74, 6) is -0.243. The Balaban J connectivity index is 1.44. The average Bonchev–Trinajstić information content (AvgIpc) is 3.48. The summed E-state index contributed by atoms with van der Waals surface area (Å²) in [4.78, 5) is 28.0. The van der Waals surface area contributed by atoms with Crippen molar-refractivity contribution in [2.75, 3.05) is 34.0 Å². The molecule has 2 aliphatic heterocycles. The Labute approximate surface area is 249 Å². The summed E-state index contributed by atoms with van der Waals surface area (Å²) in [6, 6.07) is 14.0. The number of hydrogen-bond donors (Lipinski definition) is 1. The van der Waals surface area contributed by atoms with Gasteiger partial charge in [-0.05, 0) is 88.3 Å². The van der Waals surface area contributed by atoms with Crippen LogP contribution in [0.5, 0.6) is 11.5 Å². The number of likely N-dealkylation sites (tertiary alicyclic amines) is 1. The van der Waals surface area contributed by atoms with Crippen LogP contribution >= 0.6 is 22.6 Å². The molecule has 2 saturated heterocycles. The van der Waals surface area contributed by atoms with Gasteiger partial charge in [0.15, 0.2) is 11.5 Å². The first-order valence-electron chi connectivity index (χ1n) is 13.9. The number of halogens is 1. The van der Waals surface area contributed by atoms with Crippen molar-refractivity contribution in [1.29, 1.82) is 0 Å². The van der Waals surface area contributed by atoms with Crippen LogP contribution in [-0.4, -0.2) is 61.9 Å². The van der Waals surface area contributed by atoms with Crippen molar-refractivity contribution < 1.29 is 28.9 Å². The zero-order valence-electron chi connectivity index (χ0n) is 23.2. The van der Waals surface area contributed by atoms with Crippen molar-refractivity contribution >= 4 is 46.1 Å². The molecule has 7 nitrogen and oxygen atoms in total. The maximum atomic E-state index is 13.4. The highest BCUT2D eigenvalue weighted by Crippen LogP contribution is 2.50. The largest absolute Gasteiger partial charge is 0.504 e. The molecule has 1 aliphatic carbocycles. The van der Waals surface area contributed by atoms with Gasteiger partial charge in [0, 0.05) is 19.6 Å². The molecule has 2 aromatic rings. The van der Waals surface area contributed by atoms with E-state index >= 15 is 0 Å². The molecule has 2 amide bonds. The summed E-state index contributed by atoms with van der Waals surface area (Å²) < 4.78 is 18.1. The molecule has 2 aromatic carbocycles. The highest BCUT2D eigenvalue weighted by molar-refractivity contribution is 14.1. The minimum Gasteiger partial charge on any atom is -0.504 e. The molecule has 4 atom stereocenters. The number of carbonyl (C=O) groups is 2. The van der Waals surface area contributed by atoms with E-state index in [-0.39, 0.29) is 41.4 Å². The molecule has 0 unspecified atom stereocenters. The number of hydrogen-bond acceptors (Lipinski definition) is 6.